The highest BCUT2D eigenvalue weighted by molar-refractivity contribution is 9.10. The quantitative estimate of drug-likeness (QED) is 0.861. The maximum absolute atomic E-state index is 12.5. The molecule has 1 fully saturated rings. The van der Waals surface area contributed by atoms with Crippen LogP contribution in [0, 0.1) is 5.41 Å². The second-order valence-electron chi connectivity index (χ2n) is 5.78. The summed E-state index contributed by atoms with van der Waals surface area (Å²) < 4.78 is 0.487. The molecule has 2 rings (SSSR count). The molecule has 1 aromatic rings. The molecule has 0 radical (unpaired) electrons. The number of amides is 1. The zero-order chi connectivity index (χ0) is 15.1. The van der Waals surface area contributed by atoms with Crippen molar-refractivity contribution in [3.05, 3.63) is 33.8 Å². The topological polar surface area (TPSA) is 83.6 Å². The van der Waals surface area contributed by atoms with Crippen LogP contribution in [0.5, 0.6) is 0 Å². The van der Waals surface area contributed by atoms with Crippen LogP contribution in [0.4, 0.5) is 0 Å². The highest BCUT2D eigenvalue weighted by Gasteiger charge is 2.39. The average molecular weight is 341 g/mol. The fraction of sp³-hybridized carbons (Fsp3) is 0.429. The number of carboxylic acid groups (broad SMARTS) is 1. The molecule has 5 nitrogen and oxygen atoms in total. The zero-order valence-electron chi connectivity index (χ0n) is 11.4. The summed E-state index contributed by atoms with van der Waals surface area (Å²) in [6, 6.07) is 4.36. The summed E-state index contributed by atoms with van der Waals surface area (Å²) in [5.41, 5.74) is 6.53. The molecule has 1 aliphatic rings. The Morgan fingerprint density at radius 3 is 2.55 bits per heavy atom. The summed E-state index contributed by atoms with van der Waals surface area (Å²) in [5.74, 6) is -1.15. The molecule has 108 valence electrons. The molecule has 3 N–H and O–H groups in total. The number of benzene rings is 1. The molecule has 6 heteroatoms. The SMILES string of the molecule is CC1(C)CN(C(=O)c2ccc(C(=O)O)cc2Br)CC1N. The molecule has 0 aromatic heterocycles. The maximum atomic E-state index is 12.5. The molecule has 0 spiro atoms. The largest absolute Gasteiger partial charge is 0.478 e. The summed E-state index contributed by atoms with van der Waals surface area (Å²) in [6.07, 6.45) is 0. The molecule has 0 bridgehead atoms. The van der Waals surface area contributed by atoms with Gasteiger partial charge in [0.15, 0.2) is 0 Å². The Morgan fingerprint density at radius 1 is 1.45 bits per heavy atom. The standard InChI is InChI=1S/C14H17BrN2O3/c1-14(2)7-17(6-11(14)16)12(18)9-4-3-8(13(19)20)5-10(9)15/h3-5,11H,6-7,16H2,1-2H3,(H,19,20). The number of halogens is 1. The average Bonchev–Trinajstić information content (AvgIpc) is 2.63. The number of nitrogens with two attached hydrogens (primary N) is 1. The molecule has 1 aromatic carbocycles. The third-order valence-electron chi connectivity index (χ3n) is 3.75. The zero-order valence-corrected chi connectivity index (χ0v) is 13.0. The van der Waals surface area contributed by atoms with Gasteiger partial charge >= 0.3 is 5.97 Å². The van der Waals surface area contributed by atoms with Gasteiger partial charge in [0.25, 0.3) is 5.91 Å². The second-order valence-corrected chi connectivity index (χ2v) is 6.63. The van der Waals surface area contributed by atoms with Crippen LogP contribution in [0.3, 0.4) is 0 Å². The van der Waals surface area contributed by atoms with Crippen LogP contribution >= 0.6 is 15.9 Å². The van der Waals surface area contributed by atoms with E-state index in [0.29, 0.717) is 23.1 Å². The van der Waals surface area contributed by atoms with E-state index in [-0.39, 0.29) is 22.9 Å². The molecular weight excluding hydrogens is 324 g/mol. The van der Waals surface area contributed by atoms with Gasteiger partial charge in [-0.2, -0.15) is 0 Å². The molecule has 1 aliphatic heterocycles. The first-order valence-corrected chi connectivity index (χ1v) is 7.09. The normalized spacial score (nSPS) is 21.0. The van der Waals surface area contributed by atoms with Crippen molar-refractivity contribution in [1.29, 1.82) is 0 Å². The fourth-order valence-corrected chi connectivity index (χ4v) is 2.85. The van der Waals surface area contributed by atoms with Gasteiger partial charge in [0.2, 0.25) is 0 Å². The van der Waals surface area contributed by atoms with E-state index < -0.39 is 5.97 Å². The summed E-state index contributed by atoms with van der Waals surface area (Å²) in [5, 5.41) is 8.92. The van der Waals surface area contributed by atoms with E-state index in [1.54, 1.807) is 4.90 Å². The predicted molar refractivity (Wildman–Crippen MR) is 78.8 cm³/mol. The number of likely N-dealkylation sites (tertiary alicyclic amines) is 1. The predicted octanol–water partition coefficient (Wildman–Crippen LogP) is 1.96. The number of rotatable bonds is 2. The van der Waals surface area contributed by atoms with Gasteiger partial charge in [0.1, 0.15) is 0 Å². The Labute approximate surface area is 125 Å². The first kappa shape index (κ1) is 15.0. The summed E-state index contributed by atoms with van der Waals surface area (Å²) >= 11 is 3.26. The summed E-state index contributed by atoms with van der Waals surface area (Å²) in [7, 11) is 0. The van der Waals surface area contributed by atoms with E-state index in [1.807, 2.05) is 13.8 Å². The molecule has 1 amide bonds. The van der Waals surface area contributed by atoms with Crippen LogP contribution in [-0.2, 0) is 0 Å². The number of aromatic carboxylic acids is 1. The van der Waals surface area contributed by atoms with Gasteiger partial charge in [-0.1, -0.05) is 13.8 Å². The highest BCUT2D eigenvalue weighted by atomic mass is 79.9. The number of carbonyl (C=O) groups is 2. The first-order chi connectivity index (χ1) is 9.22. The number of carboxylic acids is 1. The molecule has 0 aliphatic carbocycles. The number of carbonyl (C=O) groups excluding carboxylic acids is 1. The lowest BCUT2D eigenvalue weighted by molar-refractivity contribution is 0.0694. The minimum Gasteiger partial charge on any atom is -0.478 e. The number of hydrogen-bond donors (Lipinski definition) is 2. The monoisotopic (exact) mass is 340 g/mol. The van der Waals surface area contributed by atoms with Crippen LogP contribution in [0.1, 0.15) is 34.6 Å². The van der Waals surface area contributed by atoms with Gasteiger partial charge in [-0.25, -0.2) is 4.79 Å². The summed E-state index contributed by atoms with van der Waals surface area (Å²) in [6.45, 7) is 5.18. The molecule has 1 unspecified atom stereocenters. The molecule has 20 heavy (non-hydrogen) atoms. The Kier molecular flexibility index (Phi) is 3.88. The van der Waals surface area contributed by atoms with Crippen LogP contribution in [0.25, 0.3) is 0 Å². The van der Waals surface area contributed by atoms with E-state index in [0.717, 1.165) is 0 Å². The van der Waals surface area contributed by atoms with Crippen molar-refractivity contribution in [3.63, 3.8) is 0 Å². The minimum absolute atomic E-state index is 0.0523. The Bertz CT molecular complexity index is 572. The van der Waals surface area contributed by atoms with Gasteiger partial charge in [0, 0.05) is 23.6 Å². The fourth-order valence-electron chi connectivity index (χ4n) is 2.30. The maximum Gasteiger partial charge on any atom is 0.335 e. The molecule has 0 saturated carbocycles. The summed E-state index contributed by atoms with van der Waals surface area (Å²) in [4.78, 5) is 25.1. The smallest absolute Gasteiger partial charge is 0.335 e. The van der Waals surface area contributed by atoms with Crippen molar-refractivity contribution < 1.29 is 14.7 Å². The van der Waals surface area contributed by atoms with Crippen molar-refractivity contribution >= 4 is 27.8 Å². The molecule has 1 saturated heterocycles. The van der Waals surface area contributed by atoms with Gasteiger partial charge in [-0.15, -0.1) is 0 Å². The van der Waals surface area contributed by atoms with Crippen molar-refractivity contribution in [3.8, 4) is 0 Å². The Morgan fingerprint density at radius 2 is 2.10 bits per heavy atom. The van der Waals surface area contributed by atoms with E-state index in [4.69, 9.17) is 10.8 Å². The van der Waals surface area contributed by atoms with Crippen LogP contribution in [0.15, 0.2) is 22.7 Å². The van der Waals surface area contributed by atoms with Crippen molar-refractivity contribution in [1.82, 2.24) is 4.90 Å². The minimum atomic E-state index is -1.02. The van der Waals surface area contributed by atoms with Gasteiger partial charge < -0.3 is 15.7 Å². The van der Waals surface area contributed by atoms with Gasteiger partial charge in [-0.05, 0) is 39.5 Å². The molecular formula is C14H17BrN2O3. The second kappa shape index (κ2) is 5.18. The highest BCUT2D eigenvalue weighted by Crippen LogP contribution is 2.30. The molecule has 1 heterocycles. The number of hydrogen-bond acceptors (Lipinski definition) is 3. The van der Waals surface area contributed by atoms with E-state index in [2.05, 4.69) is 15.9 Å². The third-order valence-corrected chi connectivity index (χ3v) is 4.41. The Hall–Kier alpha value is -1.40. The lowest BCUT2D eigenvalue weighted by Gasteiger charge is -2.22. The third kappa shape index (κ3) is 2.71. The van der Waals surface area contributed by atoms with Crippen LogP contribution in [0.2, 0.25) is 0 Å². The van der Waals surface area contributed by atoms with Gasteiger partial charge in [0.05, 0.1) is 11.1 Å². The van der Waals surface area contributed by atoms with Crippen LogP contribution < -0.4 is 5.73 Å². The van der Waals surface area contributed by atoms with Crippen molar-refractivity contribution in [2.45, 2.75) is 19.9 Å². The van der Waals surface area contributed by atoms with Gasteiger partial charge in [-0.3, -0.25) is 4.79 Å². The Balaban J connectivity index is 2.25. The lowest BCUT2D eigenvalue weighted by Crippen LogP contribution is -2.35. The first-order valence-electron chi connectivity index (χ1n) is 6.30. The van der Waals surface area contributed by atoms with Crippen molar-refractivity contribution in [2.24, 2.45) is 11.1 Å². The van der Waals surface area contributed by atoms with Crippen molar-refractivity contribution in [2.75, 3.05) is 13.1 Å². The van der Waals surface area contributed by atoms with Crippen LogP contribution in [-0.4, -0.2) is 41.0 Å². The number of nitrogens with zero attached hydrogens (tertiary/aromatic N) is 1. The van der Waals surface area contributed by atoms with E-state index in [1.165, 1.54) is 18.2 Å². The lowest BCUT2D eigenvalue weighted by atomic mass is 9.89. The molecule has 1 atom stereocenters. The van der Waals surface area contributed by atoms with E-state index in [9.17, 15) is 9.59 Å². The van der Waals surface area contributed by atoms with E-state index >= 15 is 0 Å².